The molecule has 0 saturated carbocycles. The topological polar surface area (TPSA) is 62.8 Å². The standard InChI is InChI=1S/C19H29N3O3/c1-24-17-6-4-5-15(11-17)18(22-8-2-3-9-22)13-21-19(23)12-16-14-25-10-7-20-16/h4-6,11,16,18,20H,2-3,7-10,12-14H2,1H3,(H,21,23). The quantitative estimate of drug-likeness (QED) is 0.779. The molecule has 2 N–H and O–H groups in total. The minimum Gasteiger partial charge on any atom is -0.497 e. The van der Waals surface area contributed by atoms with E-state index in [-0.39, 0.29) is 18.0 Å². The third kappa shape index (κ3) is 5.17. The summed E-state index contributed by atoms with van der Waals surface area (Å²) in [7, 11) is 1.69. The van der Waals surface area contributed by atoms with Crippen LogP contribution in [-0.4, -0.2) is 63.4 Å². The minimum absolute atomic E-state index is 0.0788. The fourth-order valence-corrected chi connectivity index (χ4v) is 3.62. The molecule has 2 aliphatic heterocycles. The average molecular weight is 347 g/mol. The van der Waals surface area contributed by atoms with Gasteiger partial charge in [0.25, 0.3) is 0 Å². The van der Waals surface area contributed by atoms with E-state index in [1.54, 1.807) is 7.11 Å². The Labute approximate surface area is 149 Å². The second-order valence-electron chi connectivity index (χ2n) is 6.77. The number of hydrogen-bond acceptors (Lipinski definition) is 5. The van der Waals surface area contributed by atoms with E-state index in [4.69, 9.17) is 9.47 Å². The SMILES string of the molecule is COc1cccc(C(CNC(=O)CC2COCCN2)N2CCCC2)c1. The van der Waals surface area contributed by atoms with E-state index in [2.05, 4.69) is 27.7 Å². The van der Waals surface area contributed by atoms with Gasteiger partial charge in [0.2, 0.25) is 5.91 Å². The van der Waals surface area contributed by atoms with E-state index in [0.29, 0.717) is 19.6 Å². The molecule has 2 unspecified atom stereocenters. The molecule has 2 aliphatic rings. The Balaban J connectivity index is 1.60. The largest absolute Gasteiger partial charge is 0.497 e. The molecule has 138 valence electrons. The van der Waals surface area contributed by atoms with Crippen LogP contribution < -0.4 is 15.4 Å². The summed E-state index contributed by atoms with van der Waals surface area (Å²) in [4.78, 5) is 14.8. The Morgan fingerprint density at radius 1 is 1.44 bits per heavy atom. The van der Waals surface area contributed by atoms with Gasteiger partial charge in [-0.1, -0.05) is 12.1 Å². The van der Waals surface area contributed by atoms with E-state index in [1.807, 2.05) is 12.1 Å². The van der Waals surface area contributed by atoms with Crippen molar-refractivity contribution in [1.29, 1.82) is 0 Å². The monoisotopic (exact) mass is 347 g/mol. The summed E-state index contributed by atoms with van der Waals surface area (Å²) in [5, 5.41) is 6.45. The molecule has 0 spiro atoms. The van der Waals surface area contributed by atoms with Crippen molar-refractivity contribution in [2.45, 2.75) is 31.3 Å². The first-order valence-electron chi connectivity index (χ1n) is 9.22. The molecule has 1 aromatic rings. The summed E-state index contributed by atoms with van der Waals surface area (Å²) in [5.74, 6) is 0.937. The van der Waals surface area contributed by atoms with Crippen LogP contribution in [0.15, 0.2) is 24.3 Å². The number of rotatable bonds is 7. The Morgan fingerprint density at radius 3 is 3.00 bits per heavy atom. The third-order valence-electron chi connectivity index (χ3n) is 4.98. The highest BCUT2D eigenvalue weighted by atomic mass is 16.5. The first-order chi connectivity index (χ1) is 12.3. The van der Waals surface area contributed by atoms with Gasteiger partial charge in [0.1, 0.15) is 5.75 Å². The second-order valence-corrected chi connectivity index (χ2v) is 6.77. The first-order valence-corrected chi connectivity index (χ1v) is 9.22. The maximum Gasteiger partial charge on any atom is 0.221 e. The highest BCUT2D eigenvalue weighted by Gasteiger charge is 2.25. The number of benzene rings is 1. The van der Waals surface area contributed by atoms with Gasteiger partial charge in [0.05, 0.1) is 26.4 Å². The number of carbonyl (C=O) groups excluding carboxylic acids is 1. The molecule has 2 heterocycles. The summed E-state index contributed by atoms with van der Waals surface area (Å²) in [6.07, 6.45) is 2.90. The summed E-state index contributed by atoms with van der Waals surface area (Å²) in [6.45, 7) is 4.94. The van der Waals surface area contributed by atoms with E-state index in [9.17, 15) is 4.79 Å². The van der Waals surface area contributed by atoms with Gasteiger partial charge in [-0.15, -0.1) is 0 Å². The van der Waals surface area contributed by atoms with Gasteiger partial charge in [-0.2, -0.15) is 0 Å². The second kappa shape index (κ2) is 9.17. The van der Waals surface area contributed by atoms with Gasteiger partial charge in [0.15, 0.2) is 0 Å². The van der Waals surface area contributed by atoms with Crippen LogP contribution >= 0.6 is 0 Å². The first kappa shape index (κ1) is 18.2. The normalized spacial score (nSPS) is 22.5. The molecule has 6 nitrogen and oxygen atoms in total. The number of hydrogen-bond donors (Lipinski definition) is 2. The lowest BCUT2D eigenvalue weighted by Gasteiger charge is -2.29. The Kier molecular flexibility index (Phi) is 6.67. The van der Waals surface area contributed by atoms with Crippen LogP contribution in [0.5, 0.6) is 5.75 Å². The summed E-state index contributed by atoms with van der Waals surface area (Å²) < 4.78 is 10.8. The van der Waals surface area contributed by atoms with E-state index in [1.165, 1.54) is 18.4 Å². The summed E-state index contributed by atoms with van der Waals surface area (Å²) in [6, 6.07) is 8.48. The predicted molar refractivity (Wildman–Crippen MR) is 96.8 cm³/mol. The smallest absolute Gasteiger partial charge is 0.221 e. The van der Waals surface area contributed by atoms with Crippen molar-refractivity contribution in [3.8, 4) is 5.75 Å². The molecule has 1 aromatic carbocycles. The van der Waals surface area contributed by atoms with Gasteiger partial charge >= 0.3 is 0 Å². The fraction of sp³-hybridized carbons (Fsp3) is 0.632. The van der Waals surface area contributed by atoms with Gasteiger partial charge in [-0.25, -0.2) is 0 Å². The maximum atomic E-state index is 12.3. The summed E-state index contributed by atoms with van der Waals surface area (Å²) in [5.41, 5.74) is 1.20. The summed E-state index contributed by atoms with van der Waals surface area (Å²) >= 11 is 0. The lowest BCUT2D eigenvalue weighted by Crippen LogP contribution is -2.45. The Bertz CT molecular complexity index is 555. The molecule has 2 fully saturated rings. The highest BCUT2D eigenvalue weighted by Crippen LogP contribution is 2.27. The number of nitrogens with zero attached hydrogens (tertiary/aromatic N) is 1. The van der Waals surface area contributed by atoms with Crippen LogP contribution in [0.1, 0.15) is 30.9 Å². The zero-order valence-electron chi connectivity index (χ0n) is 15.0. The van der Waals surface area contributed by atoms with Crippen LogP contribution in [0.25, 0.3) is 0 Å². The number of likely N-dealkylation sites (tertiary alicyclic amines) is 1. The van der Waals surface area contributed by atoms with Crippen molar-refractivity contribution >= 4 is 5.91 Å². The molecule has 0 radical (unpaired) electrons. The van der Waals surface area contributed by atoms with Crippen LogP contribution in [0.2, 0.25) is 0 Å². The number of morpholine rings is 1. The zero-order valence-corrected chi connectivity index (χ0v) is 15.0. The van der Waals surface area contributed by atoms with Crippen LogP contribution in [0, 0.1) is 0 Å². The zero-order chi connectivity index (χ0) is 17.5. The average Bonchev–Trinajstić information content (AvgIpc) is 3.17. The van der Waals surface area contributed by atoms with Crippen molar-refractivity contribution in [3.63, 3.8) is 0 Å². The highest BCUT2D eigenvalue weighted by molar-refractivity contribution is 5.76. The number of carbonyl (C=O) groups is 1. The number of amides is 1. The Hall–Kier alpha value is -1.63. The Morgan fingerprint density at radius 2 is 2.28 bits per heavy atom. The number of methoxy groups -OCH3 is 1. The predicted octanol–water partition coefficient (Wildman–Crippen LogP) is 1.33. The molecule has 0 aliphatic carbocycles. The lowest BCUT2D eigenvalue weighted by atomic mass is 10.0. The molecule has 3 rings (SSSR count). The van der Waals surface area contributed by atoms with Crippen LogP contribution in [0.3, 0.4) is 0 Å². The molecular formula is C19H29N3O3. The molecule has 2 saturated heterocycles. The number of nitrogens with one attached hydrogen (secondary N) is 2. The van der Waals surface area contributed by atoms with E-state index >= 15 is 0 Å². The molecule has 6 heteroatoms. The van der Waals surface area contributed by atoms with Crippen LogP contribution in [-0.2, 0) is 9.53 Å². The van der Waals surface area contributed by atoms with Crippen molar-refractivity contribution in [2.75, 3.05) is 46.5 Å². The van der Waals surface area contributed by atoms with Crippen molar-refractivity contribution in [1.82, 2.24) is 15.5 Å². The molecular weight excluding hydrogens is 318 g/mol. The molecule has 2 atom stereocenters. The maximum absolute atomic E-state index is 12.3. The lowest BCUT2D eigenvalue weighted by molar-refractivity contribution is -0.122. The van der Waals surface area contributed by atoms with Crippen molar-refractivity contribution < 1.29 is 14.3 Å². The fourth-order valence-electron chi connectivity index (χ4n) is 3.62. The van der Waals surface area contributed by atoms with Gasteiger partial charge in [-0.3, -0.25) is 9.69 Å². The molecule has 0 aromatic heterocycles. The molecule has 1 amide bonds. The van der Waals surface area contributed by atoms with Crippen LogP contribution in [0.4, 0.5) is 0 Å². The van der Waals surface area contributed by atoms with Gasteiger partial charge in [0, 0.05) is 25.6 Å². The van der Waals surface area contributed by atoms with Crippen molar-refractivity contribution in [2.24, 2.45) is 0 Å². The number of ether oxygens (including phenoxy) is 2. The van der Waals surface area contributed by atoms with Crippen molar-refractivity contribution in [3.05, 3.63) is 29.8 Å². The molecule has 0 bridgehead atoms. The third-order valence-corrected chi connectivity index (χ3v) is 4.98. The van der Waals surface area contributed by atoms with Gasteiger partial charge < -0.3 is 20.1 Å². The van der Waals surface area contributed by atoms with E-state index < -0.39 is 0 Å². The van der Waals surface area contributed by atoms with Gasteiger partial charge in [-0.05, 0) is 43.6 Å². The van der Waals surface area contributed by atoms with E-state index in [0.717, 1.165) is 32.0 Å². The minimum atomic E-state index is 0.0788. The molecule has 25 heavy (non-hydrogen) atoms.